The highest BCUT2D eigenvalue weighted by molar-refractivity contribution is 5.97. The second kappa shape index (κ2) is 12.1. The van der Waals surface area contributed by atoms with Gasteiger partial charge in [0.05, 0.1) is 16.8 Å². The molecule has 1 nitrogen and oxygen atoms in total. The van der Waals surface area contributed by atoms with E-state index in [1.807, 2.05) is 0 Å². The number of fused-ring (bicyclic) bond motifs is 6. The lowest BCUT2D eigenvalue weighted by Gasteiger charge is -2.38. The van der Waals surface area contributed by atoms with E-state index < -0.39 is 5.41 Å². The highest BCUT2D eigenvalue weighted by atomic mass is 15.1. The fraction of sp³-hybridized carbons (Fsp3) is 0.0769. The van der Waals surface area contributed by atoms with E-state index in [9.17, 15) is 0 Å². The molecule has 10 rings (SSSR count). The third-order valence-electron chi connectivity index (χ3n) is 11.7. The normalized spacial score (nSPS) is 14.2. The molecule has 2 aliphatic carbocycles. The zero-order valence-corrected chi connectivity index (χ0v) is 30.0. The summed E-state index contributed by atoms with van der Waals surface area (Å²) in [5.41, 5.74) is 18.2. The number of hydrogen-bond acceptors (Lipinski definition) is 1. The highest BCUT2D eigenvalue weighted by Gasteiger charge is 2.48. The van der Waals surface area contributed by atoms with Crippen molar-refractivity contribution in [2.45, 2.75) is 24.7 Å². The summed E-state index contributed by atoms with van der Waals surface area (Å²) < 4.78 is 0. The van der Waals surface area contributed by atoms with E-state index in [4.69, 9.17) is 0 Å². The molecule has 1 heteroatoms. The molecule has 0 heterocycles. The van der Waals surface area contributed by atoms with Gasteiger partial charge in [-0.05, 0) is 79.9 Å². The Kier molecular flexibility index (Phi) is 7.13. The Hall–Kier alpha value is -6.44. The summed E-state index contributed by atoms with van der Waals surface area (Å²) in [6.07, 6.45) is 0. The number of para-hydroxylation sites is 1. The van der Waals surface area contributed by atoms with Gasteiger partial charge in [0.1, 0.15) is 0 Å². The van der Waals surface area contributed by atoms with Crippen LogP contribution in [0.15, 0.2) is 200 Å². The Balaban J connectivity index is 1.33. The topological polar surface area (TPSA) is 3.24 Å². The van der Waals surface area contributed by atoms with Gasteiger partial charge in [-0.3, -0.25) is 0 Å². The summed E-state index contributed by atoms with van der Waals surface area (Å²) in [5.74, 6) is 0. The fourth-order valence-electron chi connectivity index (χ4n) is 9.44. The smallest absolute Gasteiger partial charge is 0.0734 e. The van der Waals surface area contributed by atoms with Crippen molar-refractivity contribution in [2.24, 2.45) is 0 Å². The van der Waals surface area contributed by atoms with E-state index in [0.29, 0.717) is 0 Å². The summed E-state index contributed by atoms with van der Waals surface area (Å²) in [4.78, 5) is 2.55. The quantitative estimate of drug-likeness (QED) is 0.169. The lowest BCUT2D eigenvalue weighted by atomic mass is 9.67. The number of anilines is 3. The number of nitrogens with zero attached hydrogens (tertiary/aromatic N) is 1. The number of hydrogen-bond donors (Lipinski definition) is 0. The zero-order valence-electron chi connectivity index (χ0n) is 30.0. The van der Waals surface area contributed by atoms with Crippen molar-refractivity contribution < 1.29 is 0 Å². The molecule has 0 radical (unpaired) electrons. The SMILES string of the molecule is CC1(C)c2ccccc2-c2ccc(N(c3ccccc3-c3ccccc3)c3cccc4c3C(c3ccccc3)(c3ccccc3)c3ccccc3-4)cc21. The van der Waals surface area contributed by atoms with E-state index in [-0.39, 0.29) is 5.41 Å². The van der Waals surface area contributed by atoms with Gasteiger partial charge in [0.25, 0.3) is 0 Å². The summed E-state index contributed by atoms with van der Waals surface area (Å²) in [7, 11) is 0. The summed E-state index contributed by atoms with van der Waals surface area (Å²) >= 11 is 0. The molecule has 0 spiro atoms. The summed E-state index contributed by atoms with van der Waals surface area (Å²) in [6.45, 7) is 4.74. The van der Waals surface area contributed by atoms with Crippen molar-refractivity contribution >= 4 is 17.1 Å². The Morgan fingerprint density at radius 1 is 0.358 bits per heavy atom. The van der Waals surface area contributed by atoms with Crippen molar-refractivity contribution in [3.05, 3.63) is 234 Å². The molecule has 0 saturated heterocycles. The average Bonchev–Trinajstić information content (AvgIpc) is 3.66. The lowest BCUT2D eigenvalue weighted by Crippen LogP contribution is -2.30. The first kappa shape index (κ1) is 31.3. The first-order chi connectivity index (χ1) is 26.1. The summed E-state index contributed by atoms with van der Waals surface area (Å²) in [6, 6.07) is 74.0. The second-order valence-corrected chi connectivity index (χ2v) is 14.8. The van der Waals surface area contributed by atoms with Crippen molar-refractivity contribution in [3.63, 3.8) is 0 Å². The molecule has 0 atom stereocenters. The average molecular weight is 678 g/mol. The molecule has 0 unspecified atom stereocenters. The molecule has 0 saturated carbocycles. The maximum Gasteiger partial charge on any atom is 0.0734 e. The van der Waals surface area contributed by atoms with Crippen LogP contribution < -0.4 is 4.90 Å². The van der Waals surface area contributed by atoms with Crippen molar-refractivity contribution in [1.82, 2.24) is 0 Å². The minimum Gasteiger partial charge on any atom is -0.310 e. The van der Waals surface area contributed by atoms with Crippen LogP contribution in [-0.4, -0.2) is 0 Å². The molecule has 0 fully saturated rings. The molecule has 0 aromatic heterocycles. The van der Waals surface area contributed by atoms with Crippen LogP contribution in [0.4, 0.5) is 17.1 Å². The van der Waals surface area contributed by atoms with Crippen LogP contribution >= 0.6 is 0 Å². The predicted molar refractivity (Wildman–Crippen MR) is 221 cm³/mol. The first-order valence-electron chi connectivity index (χ1n) is 18.6. The molecular formula is C52H39N. The molecule has 252 valence electrons. The molecule has 0 N–H and O–H groups in total. The van der Waals surface area contributed by atoms with Gasteiger partial charge in [-0.1, -0.05) is 190 Å². The van der Waals surface area contributed by atoms with Crippen LogP contribution in [0.3, 0.4) is 0 Å². The van der Waals surface area contributed by atoms with Gasteiger partial charge >= 0.3 is 0 Å². The molecule has 0 aliphatic heterocycles. The minimum absolute atomic E-state index is 0.140. The van der Waals surface area contributed by atoms with Crippen molar-refractivity contribution in [2.75, 3.05) is 4.90 Å². The highest BCUT2D eigenvalue weighted by Crippen LogP contribution is 2.61. The van der Waals surface area contributed by atoms with E-state index in [2.05, 4.69) is 219 Å². The monoisotopic (exact) mass is 677 g/mol. The Labute approximate surface area is 312 Å². The van der Waals surface area contributed by atoms with Gasteiger partial charge < -0.3 is 4.90 Å². The Morgan fingerprint density at radius 3 is 1.53 bits per heavy atom. The van der Waals surface area contributed by atoms with Gasteiger partial charge in [0.2, 0.25) is 0 Å². The van der Waals surface area contributed by atoms with Gasteiger partial charge in [-0.25, -0.2) is 0 Å². The van der Waals surface area contributed by atoms with Gasteiger partial charge in [0.15, 0.2) is 0 Å². The van der Waals surface area contributed by atoms with Crippen LogP contribution in [0.25, 0.3) is 33.4 Å². The van der Waals surface area contributed by atoms with Crippen LogP contribution in [0.5, 0.6) is 0 Å². The third-order valence-corrected chi connectivity index (χ3v) is 11.7. The van der Waals surface area contributed by atoms with E-state index in [1.165, 1.54) is 72.4 Å². The molecule has 0 amide bonds. The maximum absolute atomic E-state index is 2.55. The van der Waals surface area contributed by atoms with E-state index in [0.717, 1.165) is 11.4 Å². The van der Waals surface area contributed by atoms with Crippen LogP contribution in [-0.2, 0) is 10.8 Å². The maximum atomic E-state index is 2.55. The molecule has 53 heavy (non-hydrogen) atoms. The van der Waals surface area contributed by atoms with Crippen LogP contribution in [0.2, 0.25) is 0 Å². The number of benzene rings is 8. The third kappa shape index (κ3) is 4.57. The molecule has 8 aromatic carbocycles. The number of rotatable bonds is 6. The molecule has 2 aliphatic rings. The fourth-order valence-corrected chi connectivity index (χ4v) is 9.44. The lowest BCUT2D eigenvalue weighted by molar-refractivity contribution is 0.660. The minimum atomic E-state index is -0.558. The van der Waals surface area contributed by atoms with Crippen molar-refractivity contribution in [1.29, 1.82) is 0 Å². The first-order valence-corrected chi connectivity index (χ1v) is 18.6. The second-order valence-electron chi connectivity index (χ2n) is 14.8. The van der Waals surface area contributed by atoms with Gasteiger partial charge in [0, 0.05) is 22.2 Å². The molecule has 8 aromatic rings. The van der Waals surface area contributed by atoms with Crippen LogP contribution in [0, 0.1) is 0 Å². The molecular weight excluding hydrogens is 639 g/mol. The van der Waals surface area contributed by atoms with Gasteiger partial charge in [-0.2, -0.15) is 0 Å². The van der Waals surface area contributed by atoms with Crippen LogP contribution in [0.1, 0.15) is 47.2 Å². The Morgan fingerprint density at radius 2 is 0.849 bits per heavy atom. The zero-order chi connectivity index (χ0) is 35.6. The Bertz CT molecular complexity index is 2600. The van der Waals surface area contributed by atoms with E-state index >= 15 is 0 Å². The summed E-state index contributed by atoms with van der Waals surface area (Å²) in [5, 5.41) is 0. The van der Waals surface area contributed by atoms with E-state index in [1.54, 1.807) is 0 Å². The standard InChI is InChI=1S/C52H39N/c1-51(2)45-29-15-12-26-41(45)43-34-33-39(35-47(43)51)53(48-31-17-14-25-40(48)36-19-6-3-7-20-36)49-32-18-28-44-42-27-13-16-30-46(42)52(50(44)49,37-21-8-4-9-22-37)38-23-10-5-11-24-38/h3-35H,1-2H3. The predicted octanol–water partition coefficient (Wildman–Crippen LogP) is 13.5. The van der Waals surface area contributed by atoms with Gasteiger partial charge in [-0.15, -0.1) is 0 Å². The van der Waals surface area contributed by atoms with Crippen molar-refractivity contribution in [3.8, 4) is 33.4 Å². The molecule has 0 bridgehead atoms. The largest absolute Gasteiger partial charge is 0.310 e.